The Morgan fingerprint density at radius 1 is 0.789 bits per heavy atom. The quantitative estimate of drug-likeness (QED) is 0.590. The molecule has 1 rings (SSSR count). The predicted molar refractivity (Wildman–Crippen MR) is 69.9 cm³/mol. The zero-order valence-corrected chi connectivity index (χ0v) is 11.4. The van der Waals surface area contributed by atoms with Crippen LogP contribution in [0.5, 0.6) is 0 Å². The van der Waals surface area contributed by atoms with Gasteiger partial charge in [-0.3, -0.25) is 4.79 Å². The summed E-state index contributed by atoms with van der Waals surface area (Å²) >= 11 is 0. The molecule has 1 saturated carbocycles. The molecule has 0 spiro atoms. The summed E-state index contributed by atoms with van der Waals surface area (Å²) in [6.07, 6.45) is 7.33. The molecule has 0 aromatic heterocycles. The summed E-state index contributed by atoms with van der Waals surface area (Å²) in [4.78, 5) is 11.0. The topological polar surface area (TPSA) is 17.1 Å². The van der Waals surface area contributed by atoms with Crippen LogP contribution in [0.1, 0.15) is 70.6 Å². The third kappa shape index (κ3) is 7.38. The maximum atomic E-state index is 12.3. The van der Waals surface area contributed by atoms with Gasteiger partial charge < -0.3 is 0 Å². The lowest BCUT2D eigenvalue weighted by atomic mass is 9.96. The standard InChI is InChI=1S/C15H23F3O/c16-15(17,18)14(19)12-13-10-8-6-4-2-1-3-5-7-9-11-13/h12H,1-11H2. The first-order valence-corrected chi connectivity index (χ1v) is 7.31. The van der Waals surface area contributed by atoms with Crippen LogP contribution in [0.4, 0.5) is 13.2 Å². The highest BCUT2D eigenvalue weighted by molar-refractivity contribution is 5.94. The molecule has 0 aromatic rings. The molecule has 1 nitrogen and oxygen atoms in total. The Hall–Kier alpha value is -0.800. The second-order valence-electron chi connectivity index (χ2n) is 5.35. The number of ketones is 1. The SMILES string of the molecule is O=C(C=C1CCCCCCCCCCC1)C(F)(F)F. The van der Waals surface area contributed by atoms with Crippen LogP contribution in [0.25, 0.3) is 0 Å². The van der Waals surface area contributed by atoms with Crippen molar-refractivity contribution in [1.82, 2.24) is 0 Å². The fraction of sp³-hybridized carbons (Fsp3) is 0.800. The van der Waals surface area contributed by atoms with Crippen molar-refractivity contribution in [2.75, 3.05) is 0 Å². The van der Waals surface area contributed by atoms with E-state index in [0.717, 1.165) is 44.6 Å². The number of hydrogen-bond acceptors (Lipinski definition) is 1. The van der Waals surface area contributed by atoms with Gasteiger partial charge in [-0.25, -0.2) is 0 Å². The Morgan fingerprint density at radius 2 is 1.16 bits per heavy atom. The molecule has 1 fully saturated rings. The van der Waals surface area contributed by atoms with Crippen LogP contribution < -0.4 is 0 Å². The van der Waals surface area contributed by atoms with Crippen molar-refractivity contribution >= 4 is 5.78 Å². The van der Waals surface area contributed by atoms with Crippen LogP contribution in [0.2, 0.25) is 0 Å². The number of alkyl halides is 3. The third-order valence-electron chi connectivity index (χ3n) is 3.61. The van der Waals surface area contributed by atoms with E-state index in [-0.39, 0.29) is 0 Å². The fourth-order valence-electron chi connectivity index (χ4n) is 2.48. The first kappa shape index (κ1) is 16.3. The summed E-state index contributed by atoms with van der Waals surface area (Å²) in [5.74, 6) is -1.70. The predicted octanol–water partition coefficient (Wildman–Crippen LogP) is 5.35. The molecule has 0 radical (unpaired) electrons. The maximum absolute atomic E-state index is 12.3. The number of rotatable bonds is 1. The Bertz CT molecular complexity index is 291. The van der Waals surface area contributed by atoms with Crippen molar-refractivity contribution < 1.29 is 18.0 Å². The summed E-state index contributed by atoms with van der Waals surface area (Å²) in [5, 5.41) is 0. The van der Waals surface area contributed by atoms with Gasteiger partial charge in [-0.1, -0.05) is 50.5 Å². The van der Waals surface area contributed by atoms with E-state index in [1.54, 1.807) is 0 Å². The number of hydrogen-bond donors (Lipinski definition) is 0. The lowest BCUT2D eigenvalue weighted by Crippen LogP contribution is -2.20. The van der Waals surface area contributed by atoms with Crippen molar-refractivity contribution in [2.24, 2.45) is 0 Å². The number of halogens is 3. The Labute approximate surface area is 113 Å². The molecule has 0 amide bonds. The van der Waals surface area contributed by atoms with Gasteiger partial charge in [0.2, 0.25) is 0 Å². The number of carbonyl (C=O) groups is 1. The molecule has 0 heterocycles. The van der Waals surface area contributed by atoms with Crippen LogP contribution in [0.3, 0.4) is 0 Å². The molecular weight excluding hydrogens is 253 g/mol. The van der Waals surface area contributed by atoms with Gasteiger partial charge in [-0.15, -0.1) is 0 Å². The van der Waals surface area contributed by atoms with Gasteiger partial charge in [0.05, 0.1) is 0 Å². The van der Waals surface area contributed by atoms with Crippen LogP contribution in [-0.4, -0.2) is 12.0 Å². The van der Waals surface area contributed by atoms with Crippen LogP contribution in [-0.2, 0) is 4.79 Å². The van der Waals surface area contributed by atoms with Gasteiger partial charge in [0, 0.05) is 0 Å². The zero-order valence-electron chi connectivity index (χ0n) is 11.4. The Balaban J connectivity index is 2.55. The van der Waals surface area contributed by atoms with E-state index < -0.39 is 12.0 Å². The van der Waals surface area contributed by atoms with Crippen molar-refractivity contribution in [3.63, 3.8) is 0 Å². The molecule has 0 N–H and O–H groups in total. The first-order chi connectivity index (χ1) is 9.00. The van der Waals surface area contributed by atoms with Crippen molar-refractivity contribution in [3.8, 4) is 0 Å². The summed E-state index contributed by atoms with van der Waals surface area (Å²) in [5.41, 5.74) is 0.683. The molecule has 0 saturated heterocycles. The molecule has 19 heavy (non-hydrogen) atoms. The lowest BCUT2D eigenvalue weighted by Gasteiger charge is -2.10. The van der Waals surface area contributed by atoms with Crippen LogP contribution >= 0.6 is 0 Å². The second kappa shape index (κ2) is 8.39. The molecular formula is C15H23F3O. The van der Waals surface area contributed by atoms with Gasteiger partial charge in [-0.05, 0) is 31.8 Å². The highest BCUT2D eigenvalue weighted by Gasteiger charge is 2.36. The Kier molecular flexibility index (Phi) is 7.17. The normalized spacial score (nSPS) is 20.3. The van der Waals surface area contributed by atoms with E-state index in [1.165, 1.54) is 19.3 Å². The van der Waals surface area contributed by atoms with Gasteiger partial charge in [0.15, 0.2) is 0 Å². The van der Waals surface area contributed by atoms with Gasteiger partial charge in [0.1, 0.15) is 0 Å². The minimum Gasteiger partial charge on any atom is -0.285 e. The van der Waals surface area contributed by atoms with E-state index in [0.29, 0.717) is 18.4 Å². The minimum absolute atomic E-state index is 0.641. The largest absolute Gasteiger partial charge is 0.454 e. The highest BCUT2D eigenvalue weighted by atomic mass is 19.4. The minimum atomic E-state index is -4.73. The zero-order chi connectivity index (χ0) is 14.1. The molecule has 0 atom stereocenters. The summed E-state index contributed by atoms with van der Waals surface area (Å²) in [7, 11) is 0. The van der Waals surface area contributed by atoms with E-state index in [9.17, 15) is 18.0 Å². The number of carbonyl (C=O) groups excluding carboxylic acids is 1. The first-order valence-electron chi connectivity index (χ1n) is 7.31. The maximum Gasteiger partial charge on any atom is 0.454 e. The van der Waals surface area contributed by atoms with E-state index in [1.807, 2.05) is 0 Å². The third-order valence-corrected chi connectivity index (χ3v) is 3.61. The molecule has 110 valence electrons. The molecule has 1 aliphatic rings. The molecule has 0 aliphatic heterocycles. The van der Waals surface area contributed by atoms with Crippen molar-refractivity contribution in [1.29, 1.82) is 0 Å². The summed E-state index contributed by atoms with van der Waals surface area (Å²) in [6, 6.07) is 0. The smallest absolute Gasteiger partial charge is 0.285 e. The van der Waals surface area contributed by atoms with Gasteiger partial charge in [-0.2, -0.15) is 13.2 Å². The van der Waals surface area contributed by atoms with Crippen molar-refractivity contribution in [3.05, 3.63) is 11.6 Å². The summed E-state index contributed by atoms with van der Waals surface area (Å²) in [6.45, 7) is 0. The highest BCUT2D eigenvalue weighted by Crippen LogP contribution is 2.23. The van der Waals surface area contributed by atoms with Gasteiger partial charge in [0.25, 0.3) is 5.78 Å². The molecule has 4 heteroatoms. The lowest BCUT2D eigenvalue weighted by molar-refractivity contribution is -0.165. The molecule has 0 aromatic carbocycles. The number of allylic oxidation sites excluding steroid dienone is 2. The van der Waals surface area contributed by atoms with E-state index in [2.05, 4.69) is 0 Å². The van der Waals surface area contributed by atoms with E-state index >= 15 is 0 Å². The van der Waals surface area contributed by atoms with Crippen molar-refractivity contribution in [2.45, 2.75) is 76.8 Å². The average Bonchev–Trinajstić information content (AvgIpc) is 2.31. The fourth-order valence-corrected chi connectivity index (χ4v) is 2.48. The molecule has 0 bridgehead atoms. The van der Waals surface area contributed by atoms with Crippen LogP contribution in [0.15, 0.2) is 11.6 Å². The van der Waals surface area contributed by atoms with Crippen LogP contribution in [0, 0.1) is 0 Å². The van der Waals surface area contributed by atoms with Gasteiger partial charge >= 0.3 is 6.18 Å². The Morgan fingerprint density at radius 3 is 1.53 bits per heavy atom. The summed E-state index contributed by atoms with van der Waals surface area (Å²) < 4.78 is 36.8. The van der Waals surface area contributed by atoms with E-state index in [4.69, 9.17) is 0 Å². The second-order valence-corrected chi connectivity index (χ2v) is 5.35. The monoisotopic (exact) mass is 276 g/mol. The average molecular weight is 276 g/mol. The molecule has 0 unspecified atom stereocenters. The molecule has 1 aliphatic carbocycles.